The molecule has 1 aliphatic heterocycles. The van der Waals surface area contributed by atoms with E-state index in [1.165, 1.54) is 35.9 Å². The van der Waals surface area contributed by atoms with Crippen LogP contribution in [0, 0.1) is 10.9 Å². The highest BCUT2D eigenvalue weighted by molar-refractivity contribution is 8.02. The van der Waals surface area contributed by atoms with Gasteiger partial charge in [-0.15, -0.1) is 5.10 Å². The van der Waals surface area contributed by atoms with Gasteiger partial charge in [0.1, 0.15) is 0 Å². The number of hydrogen-bond acceptors (Lipinski definition) is 5. The first-order valence-corrected chi connectivity index (χ1v) is 10.8. The molecule has 4 nitrogen and oxygen atoms in total. The van der Waals surface area contributed by atoms with Crippen LogP contribution in [-0.4, -0.2) is 38.9 Å². The third-order valence-corrected chi connectivity index (χ3v) is 6.82. The summed E-state index contributed by atoms with van der Waals surface area (Å²) in [6.45, 7) is 5.80. The summed E-state index contributed by atoms with van der Waals surface area (Å²) in [4.78, 5) is 14.7. The number of carbonyl (C=O) groups excluding carboxylic acids is 1. The third-order valence-electron chi connectivity index (χ3n) is 4.42. The number of para-hydroxylation sites is 1. The van der Waals surface area contributed by atoms with E-state index in [0.717, 1.165) is 41.5 Å². The topological polar surface area (TPSA) is 38.1 Å². The zero-order valence-corrected chi connectivity index (χ0v) is 17.1. The lowest BCUT2D eigenvalue weighted by molar-refractivity contribution is -0.130. The molecule has 1 fully saturated rings. The zero-order valence-electron chi connectivity index (χ0n) is 14.6. The highest BCUT2D eigenvalue weighted by atomic mass is 32.2. The van der Waals surface area contributed by atoms with Gasteiger partial charge in [0.05, 0.1) is 10.9 Å². The van der Waals surface area contributed by atoms with E-state index in [9.17, 15) is 4.79 Å². The van der Waals surface area contributed by atoms with Crippen molar-refractivity contribution in [3.8, 4) is 5.69 Å². The Balaban J connectivity index is 1.73. The van der Waals surface area contributed by atoms with E-state index in [2.05, 4.69) is 18.1 Å². The summed E-state index contributed by atoms with van der Waals surface area (Å²) < 4.78 is 3.37. The molecule has 1 aliphatic rings. The Morgan fingerprint density at radius 3 is 2.60 bits per heavy atom. The summed E-state index contributed by atoms with van der Waals surface area (Å²) in [7, 11) is 0. The molecule has 134 valence electrons. The van der Waals surface area contributed by atoms with E-state index in [0.29, 0.717) is 3.95 Å². The van der Waals surface area contributed by atoms with Crippen molar-refractivity contribution in [2.24, 2.45) is 0 Å². The van der Waals surface area contributed by atoms with Crippen LogP contribution in [0.1, 0.15) is 38.2 Å². The van der Waals surface area contributed by atoms with Crippen LogP contribution in [0.25, 0.3) is 5.69 Å². The van der Waals surface area contributed by atoms with E-state index in [4.69, 9.17) is 12.2 Å². The lowest BCUT2D eigenvalue weighted by atomic mass is 10.2. The molecule has 2 aromatic rings. The van der Waals surface area contributed by atoms with Gasteiger partial charge in [-0.3, -0.25) is 4.79 Å². The molecule has 1 saturated heterocycles. The van der Waals surface area contributed by atoms with Crippen LogP contribution in [0.5, 0.6) is 0 Å². The van der Waals surface area contributed by atoms with Crippen molar-refractivity contribution in [1.82, 2.24) is 14.7 Å². The summed E-state index contributed by atoms with van der Waals surface area (Å²) >= 11 is 8.48. The maximum absolute atomic E-state index is 12.7. The summed E-state index contributed by atoms with van der Waals surface area (Å²) in [6.07, 6.45) is 4.69. The van der Waals surface area contributed by atoms with E-state index >= 15 is 0 Å². The molecule has 0 N–H and O–H groups in total. The lowest BCUT2D eigenvalue weighted by Crippen LogP contribution is -2.37. The highest BCUT2D eigenvalue weighted by Gasteiger charge is 2.23. The molecule has 0 radical (unpaired) electrons. The molecular formula is C18H23N3OS3. The van der Waals surface area contributed by atoms with Gasteiger partial charge in [0.25, 0.3) is 0 Å². The highest BCUT2D eigenvalue weighted by Crippen LogP contribution is 2.29. The van der Waals surface area contributed by atoms with Crippen LogP contribution >= 0.6 is 35.3 Å². The van der Waals surface area contributed by atoms with Crippen LogP contribution in [0.15, 0.2) is 28.6 Å². The Bertz CT molecular complexity index is 791. The van der Waals surface area contributed by atoms with Gasteiger partial charge in [-0.05, 0) is 50.5 Å². The second-order valence-electron chi connectivity index (χ2n) is 6.33. The number of aromatic nitrogens is 2. The quantitative estimate of drug-likeness (QED) is 0.549. The first-order valence-electron chi connectivity index (χ1n) is 8.68. The molecule has 1 atom stereocenters. The number of carbonyl (C=O) groups is 1. The van der Waals surface area contributed by atoms with Crippen LogP contribution in [0.3, 0.4) is 0 Å². The van der Waals surface area contributed by atoms with Crippen molar-refractivity contribution in [1.29, 1.82) is 0 Å². The van der Waals surface area contributed by atoms with Crippen molar-refractivity contribution in [2.75, 3.05) is 13.1 Å². The van der Waals surface area contributed by atoms with Gasteiger partial charge in [0.2, 0.25) is 5.91 Å². The largest absolute Gasteiger partial charge is 0.342 e. The Labute approximate surface area is 162 Å². The molecule has 1 aromatic heterocycles. The predicted molar refractivity (Wildman–Crippen MR) is 107 cm³/mol. The van der Waals surface area contributed by atoms with Crippen LogP contribution in [0.2, 0.25) is 0 Å². The molecule has 7 heteroatoms. The van der Waals surface area contributed by atoms with E-state index < -0.39 is 0 Å². The van der Waals surface area contributed by atoms with Gasteiger partial charge < -0.3 is 4.90 Å². The second kappa shape index (κ2) is 8.47. The molecule has 1 aromatic carbocycles. The Kier molecular flexibility index (Phi) is 6.30. The number of hydrogen-bond donors (Lipinski definition) is 0. The first kappa shape index (κ1) is 18.6. The standard InChI is InChI=1S/C18H23N3OS3/c1-13-9-5-6-10-15(13)21-18(23)25-17(19-21)24-14(2)16(22)20-11-7-3-4-8-12-20/h5-6,9-10,14H,3-4,7-8,11-12H2,1-2H3/t14-/m1/s1. The smallest absolute Gasteiger partial charge is 0.235 e. The molecule has 0 bridgehead atoms. The van der Waals surface area contributed by atoms with Crippen LogP contribution in [0.4, 0.5) is 0 Å². The van der Waals surface area contributed by atoms with Crippen molar-refractivity contribution in [2.45, 2.75) is 49.1 Å². The van der Waals surface area contributed by atoms with Gasteiger partial charge in [-0.25, -0.2) is 4.68 Å². The van der Waals surface area contributed by atoms with E-state index in [1.54, 1.807) is 4.68 Å². The Morgan fingerprint density at radius 1 is 1.24 bits per heavy atom. The van der Waals surface area contributed by atoms with Gasteiger partial charge in [-0.2, -0.15) is 0 Å². The molecule has 3 rings (SSSR count). The molecule has 0 unspecified atom stereocenters. The Morgan fingerprint density at radius 2 is 1.92 bits per heavy atom. The second-order valence-corrected chi connectivity index (χ2v) is 9.54. The van der Waals surface area contributed by atoms with Crippen molar-refractivity contribution in [3.05, 3.63) is 33.8 Å². The minimum Gasteiger partial charge on any atom is -0.342 e. The number of nitrogens with zero attached hydrogens (tertiary/aromatic N) is 3. The van der Waals surface area contributed by atoms with Gasteiger partial charge in [0.15, 0.2) is 8.29 Å². The van der Waals surface area contributed by atoms with Crippen molar-refractivity contribution >= 4 is 41.2 Å². The molecule has 0 saturated carbocycles. The van der Waals surface area contributed by atoms with E-state index in [1.807, 2.05) is 30.0 Å². The first-order chi connectivity index (χ1) is 12.1. The fourth-order valence-corrected chi connectivity index (χ4v) is 5.59. The fourth-order valence-electron chi connectivity index (χ4n) is 3.01. The van der Waals surface area contributed by atoms with Crippen molar-refractivity contribution < 1.29 is 4.79 Å². The van der Waals surface area contributed by atoms with Crippen LogP contribution < -0.4 is 0 Å². The number of amides is 1. The predicted octanol–water partition coefficient (Wildman–Crippen LogP) is 4.85. The minimum absolute atomic E-state index is 0.135. The zero-order chi connectivity index (χ0) is 17.8. The fraction of sp³-hybridized carbons (Fsp3) is 0.500. The maximum Gasteiger partial charge on any atom is 0.235 e. The summed E-state index contributed by atoms with van der Waals surface area (Å²) in [5.41, 5.74) is 2.14. The average Bonchev–Trinajstić information content (AvgIpc) is 2.80. The number of benzene rings is 1. The third kappa shape index (κ3) is 4.51. The molecule has 0 aliphatic carbocycles. The molecular weight excluding hydrogens is 370 g/mol. The number of rotatable bonds is 4. The summed E-state index contributed by atoms with van der Waals surface area (Å²) in [6, 6.07) is 8.06. The van der Waals surface area contributed by atoms with Gasteiger partial charge in [0, 0.05) is 13.1 Å². The van der Waals surface area contributed by atoms with Gasteiger partial charge >= 0.3 is 0 Å². The molecule has 25 heavy (non-hydrogen) atoms. The summed E-state index contributed by atoms with van der Waals surface area (Å²) in [5.74, 6) is 0.218. The van der Waals surface area contributed by atoms with E-state index in [-0.39, 0.29) is 11.2 Å². The van der Waals surface area contributed by atoms with Crippen LogP contribution in [-0.2, 0) is 4.79 Å². The molecule has 0 spiro atoms. The van der Waals surface area contributed by atoms with Gasteiger partial charge in [-0.1, -0.05) is 54.1 Å². The lowest BCUT2D eigenvalue weighted by Gasteiger charge is -2.23. The monoisotopic (exact) mass is 393 g/mol. The number of aryl methyl sites for hydroxylation is 1. The number of thioether (sulfide) groups is 1. The maximum atomic E-state index is 12.7. The molecule has 1 amide bonds. The minimum atomic E-state index is -0.135. The summed E-state index contributed by atoms with van der Waals surface area (Å²) in [5, 5.41) is 4.51. The number of likely N-dealkylation sites (tertiary alicyclic amines) is 1. The Hall–Kier alpha value is -1.18. The normalized spacial score (nSPS) is 16.5. The average molecular weight is 394 g/mol. The molecule has 2 heterocycles. The SMILES string of the molecule is Cc1ccccc1-n1nc(S[C@H](C)C(=O)N2CCCCCC2)sc1=S. The van der Waals surface area contributed by atoms with Crippen molar-refractivity contribution in [3.63, 3.8) is 0 Å².